The van der Waals surface area contributed by atoms with Gasteiger partial charge in [-0.25, -0.2) is 9.59 Å². The van der Waals surface area contributed by atoms with Crippen molar-refractivity contribution in [3.63, 3.8) is 0 Å². The third-order valence-corrected chi connectivity index (χ3v) is 10.7. The van der Waals surface area contributed by atoms with Crippen molar-refractivity contribution in [1.82, 2.24) is 9.80 Å². The number of likely N-dealkylation sites (tertiary alicyclic amines) is 2. The Bertz CT molecular complexity index is 2020. The number of aliphatic hydroxyl groups excluding tert-OH is 2. The number of hydrogen-bond donors (Lipinski definition) is 4. The van der Waals surface area contributed by atoms with E-state index in [1.54, 1.807) is 36.4 Å². The number of carboxylic acid groups (broad SMARTS) is 2. The van der Waals surface area contributed by atoms with E-state index >= 15 is 0 Å². The summed E-state index contributed by atoms with van der Waals surface area (Å²) in [5, 5.41) is 38.6. The quantitative estimate of drug-likeness (QED) is 0.0818. The zero-order chi connectivity index (χ0) is 40.7. The van der Waals surface area contributed by atoms with Crippen molar-refractivity contribution in [1.29, 1.82) is 0 Å². The maximum atomic E-state index is 12.3. The maximum Gasteiger partial charge on any atom is 0.335 e. The van der Waals surface area contributed by atoms with E-state index in [0.717, 1.165) is 65.3 Å². The second kappa shape index (κ2) is 22.5. The van der Waals surface area contributed by atoms with Gasteiger partial charge >= 0.3 is 11.9 Å². The van der Waals surface area contributed by atoms with Crippen molar-refractivity contribution in [2.45, 2.75) is 83.1 Å². The maximum absolute atomic E-state index is 12.3. The SMILES string of the molecule is C.O=C(O)c1ccc(CCCN2C(=O)CCC2/C=C/C(O)c2cccc(Br)c2)cc1.O=C(O)c1ccc(CCCN2C(=O)CCC2/C=C/C(O)c2ccccc2)cc1. The van der Waals surface area contributed by atoms with E-state index in [0.29, 0.717) is 25.9 Å². The molecular weight excluding hydrogens is 800 g/mol. The molecule has 2 heterocycles. The van der Waals surface area contributed by atoms with Crippen LogP contribution < -0.4 is 0 Å². The minimum Gasteiger partial charge on any atom is -0.478 e. The predicted molar refractivity (Wildman–Crippen MR) is 228 cm³/mol. The number of aliphatic hydroxyl groups is 2. The molecule has 2 amide bonds. The first-order valence-electron chi connectivity index (χ1n) is 19.2. The molecule has 0 radical (unpaired) electrons. The van der Waals surface area contributed by atoms with Gasteiger partial charge in [0.25, 0.3) is 0 Å². The van der Waals surface area contributed by atoms with Gasteiger partial charge in [-0.3, -0.25) is 9.59 Å². The molecule has 0 bridgehead atoms. The molecule has 306 valence electrons. The third kappa shape index (κ3) is 13.4. The van der Waals surface area contributed by atoms with Crippen molar-refractivity contribution < 1.29 is 39.6 Å². The fraction of sp³-hybridized carbons (Fsp3) is 0.319. The lowest BCUT2D eigenvalue weighted by molar-refractivity contribution is -0.129. The Morgan fingerprint density at radius 1 is 0.638 bits per heavy atom. The topological polar surface area (TPSA) is 156 Å². The smallest absolute Gasteiger partial charge is 0.335 e. The standard InChI is InChI=1S/C23H24BrNO4.C23H25NO4.CH4/c24-19-5-1-4-18(15-19)21(26)12-10-20-11-13-22(27)25(20)14-2-3-16-6-8-17(9-7-16)23(28)29;25-21(18-6-2-1-3-7-18)14-12-20-13-15-22(26)24(20)16-4-5-17-8-10-19(11-9-17)23(27)28;/h1,4-10,12,15,20-21,26H,2-3,11,13-14H2,(H,28,29);1-3,6-12,14,20-21,25H,4-5,13,15-16H2,(H,27,28);1H4/b12-10+;14-12+;. The van der Waals surface area contributed by atoms with Gasteiger partial charge in [-0.2, -0.15) is 0 Å². The van der Waals surface area contributed by atoms with E-state index in [4.69, 9.17) is 10.2 Å². The molecule has 0 spiro atoms. The van der Waals surface area contributed by atoms with Gasteiger partial charge < -0.3 is 30.2 Å². The Labute approximate surface area is 349 Å². The van der Waals surface area contributed by atoms with Crippen LogP contribution in [0.5, 0.6) is 0 Å². The Morgan fingerprint density at radius 3 is 1.50 bits per heavy atom. The van der Waals surface area contributed by atoms with Crippen LogP contribution in [0.4, 0.5) is 0 Å². The highest BCUT2D eigenvalue weighted by atomic mass is 79.9. The molecule has 2 saturated heterocycles. The summed E-state index contributed by atoms with van der Waals surface area (Å²) < 4.78 is 0.913. The van der Waals surface area contributed by atoms with Gasteiger partial charge in [0.05, 0.1) is 35.4 Å². The van der Waals surface area contributed by atoms with Crippen LogP contribution in [0.25, 0.3) is 0 Å². The van der Waals surface area contributed by atoms with Crippen LogP contribution >= 0.6 is 15.9 Å². The zero-order valence-corrected chi connectivity index (χ0v) is 33.3. The van der Waals surface area contributed by atoms with Crippen molar-refractivity contribution >= 4 is 39.7 Å². The second-order valence-corrected chi connectivity index (χ2v) is 15.1. The van der Waals surface area contributed by atoms with Crippen LogP contribution in [0, 0.1) is 0 Å². The zero-order valence-electron chi connectivity index (χ0n) is 31.7. The fourth-order valence-corrected chi connectivity index (χ4v) is 7.47. The molecule has 4 aromatic carbocycles. The number of halogens is 1. The van der Waals surface area contributed by atoms with E-state index in [-0.39, 0.29) is 42.5 Å². The number of benzene rings is 4. The Balaban J connectivity index is 0.000000252. The molecule has 2 fully saturated rings. The van der Waals surface area contributed by atoms with Gasteiger partial charge in [0.15, 0.2) is 0 Å². The normalized spacial score (nSPS) is 17.6. The molecule has 6 rings (SSSR count). The molecule has 2 aliphatic rings. The number of hydrogen-bond acceptors (Lipinski definition) is 6. The summed E-state index contributed by atoms with van der Waals surface area (Å²) in [6.45, 7) is 1.29. The molecule has 2 aliphatic heterocycles. The molecule has 4 N–H and O–H groups in total. The minimum atomic E-state index is -0.932. The highest BCUT2D eigenvalue weighted by Gasteiger charge is 2.29. The summed E-state index contributed by atoms with van der Waals surface area (Å²) >= 11 is 3.41. The van der Waals surface area contributed by atoms with Gasteiger partial charge in [-0.1, -0.05) is 114 Å². The molecule has 0 saturated carbocycles. The van der Waals surface area contributed by atoms with Gasteiger partial charge in [0, 0.05) is 30.4 Å². The molecule has 0 aliphatic carbocycles. The molecule has 10 nitrogen and oxygen atoms in total. The lowest BCUT2D eigenvalue weighted by Crippen LogP contribution is -2.33. The van der Waals surface area contributed by atoms with Gasteiger partial charge in [0.1, 0.15) is 0 Å². The summed E-state index contributed by atoms with van der Waals surface area (Å²) in [6.07, 6.45) is 11.7. The number of rotatable bonds is 16. The molecule has 4 atom stereocenters. The molecular formula is C47H53BrN2O8. The first-order chi connectivity index (χ1) is 27.5. The van der Waals surface area contributed by atoms with Gasteiger partial charge in [0.2, 0.25) is 11.8 Å². The van der Waals surface area contributed by atoms with E-state index in [9.17, 15) is 29.4 Å². The number of aromatic carboxylic acids is 2. The first-order valence-corrected chi connectivity index (χ1v) is 20.0. The average Bonchev–Trinajstić information content (AvgIpc) is 3.76. The highest BCUT2D eigenvalue weighted by molar-refractivity contribution is 9.10. The summed E-state index contributed by atoms with van der Waals surface area (Å²) in [4.78, 5) is 50.1. The third-order valence-electron chi connectivity index (χ3n) is 10.2. The minimum absolute atomic E-state index is 0. The number of carbonyl (C=O) groups is 4. The molecule has 58 heavy (non-hydrogen) atoms. The van der Waals surface area contributed by atoms with E-state index in [1.807, 2.05) is 101 Å². The Kier molecular flexibility index (Phi) is 17.6. The average molecular weight is 854 g/mol. The van der Waals surface area contributed by atoms with E-state index in [2.05, 4.69) is 15.9 Å². The molecule has 4 aromatic rings. The lowest BCUT2D eigenvalue weighted by Gasteiger charge is -2.22. The largest absolute Gasteiger partial charge is 0.478 e. The second-order valence-electron chi connectivity index (χ2n) is 14.2. The van der Waals surface area contributed by atoms with E-state index < -0.39 is 24.1 Å². The number of nitrogens with zero attached hydrogens (tertiary/aromatic N) is 2. The predicted octanol–water partition coefficient (Wildman–Crippen LogP) is 8.60. The Morgan fingerprint density at radius 2 is 1.07 bits per heavy atom. The van der Waals surface area contributed by atoms with Crippen molar-refractivity contribution in [3.05, 3.63) is 165 Å². The van der Waals surface area contributed by atoms with Crippen molar-refractivity contribution in [3.8, 4) is 0 Å². The van der Waals surface area contributed by atoms with Crippen LogP contribution in [-0.4, -0.2) is 79.2 Å². The first kappa shape index (κ1) is 45.3. The summed E-state index contributed by atoms with van der Waals surface area (Å²) in [7, 11) is 0. The van der Waals surface area contributed by atoms with Crippen LogP contribution in [0.1, 0.15) is 101 Å². The summed E-state index contributed by atoms with van der Waals surface area (Å²) in [5.74, 6) is -1.58. The highest BCUT2D eigenvalue weighted by Crippen LogP contribution is 2.25. The lowest BCUT2D eigenvalue weighted by atomic mass is 10.1. The van der Waals surface area contributed by atoms with Crippen LogP contribution in [0.3, 0.4) is 0 Å². The number of carbonyl (C=O) groups excluding carboxylic acids is 2. The van der Waals surface area contributed by atoms with Crippen molar-refractivity contribution in [2.24, 2.45) is 0 Å². The monoisotopic (exact) mass is 852 g/mol. The summed E-state index contributed by atoms with van der Waals surface area (Å²) in [5.41, 5.74) is 4.30. The van der Waals surface area contributed by atoms with Gasteiger partial charge in [-0.05, 0) is 97.2 Å². The number of amides is 2. The molecule has 4 unspecified atom stereocenters. The molecule has 11 heteroatoms. The number of aryl methyl sites for hydroxylation is 2. The Hall–Kier alpha value is -5.36. The van der Waals surface area contributed by atoms with Gasteiger partial charge in [-0.15, -0.1) is 0 Å². The number of carboxylic acids is 2. The van der Waals surface area contributed by atoms with Crippen LogP contribution in [0.2, 0.25) is 0 Å². The van der Waals surface area contributed by atoms with Crippen LogP contribution in [0.15, 0.2) is 132 Å². The van der Waals surface area contributed by atoms with E-state index in [1.165, 1.54) is 0 Å². The fourth-order valence-electron chi connectivity index (χ4n) is 7.06. The summed E-state index contributed by atoms with van der Waals surface area (Å²) in [6, 6.07) is 30.7. The van der Waals surface area contributed by atoms with Crippen molar-refractivity contribution in [2.75, 3.05) is 13.1 Å². The molecule has 0 aromatic heterocycles. The van der Waals surface area contributed by atoms with Crippen LogP contribution in [-0.2, 0) is 22.4 Å².